The number of hydrogen-bond donors (Lipinski definition) is 1. The van der Waals surface area contributed by atoms with Crippen LogP contribution in [0.25, 0.3) is 0 Å². The molecule has 94 valence electrons. The number of anilines is 1. The Hall–Kier alpha value is -1.81. The smallest absolute Gasteiger partial charge is 0.174 e. The molecule has 2 N–H and O–H groups in total. The molecule has 0 aromatic heterocycles. The zero-order valence-electron chi connectivity index (χ0n) is 9.29. The Morgan fingerprint density at radius 1 is 1.17 bits per heavy atom. The predicted octanol–water partition coefficient (Wildman–Crippen LogP) is 3.78. The summed E-state index contributed by atoms with van der Waals surface area (Å²) in [5.74, 6) is -1.02. The van der Waals surface area contributed by atoms with Crippen molar-refractivity contribution in [3.63, 3.8) is 0 Å². The fraction of sp³-hybridized carbons (Fsp3) is 0.0769. The summed E-state index contributed by atoms with van der Waals surface area (Å²) in [5, 5.41) is 0.177. The molecule has 0 aliphatic rings. The molecule has 0 heterocycles. The van der Waals surface area contributed by atoms with E-state index >= 15 is 0 Å². The van der Waals surface area contributed by atoms with E-state index < -0.39 is 11.6 Å². The molecule has 0 amide bonds. The van der Waals surface area contributed by atoms with Crippen LogP contribution in [0.5, 0.6) is 5.75 Å². The number of hydrogen-bond acceptors (Lipinski definition) is 2. The SMILES string of the molecule is Nc1cc(F)ccc1COc1c(F)cccc1Cl. The molecule has 0 unspecified atom stereocenters. The number of nitrogens with two attached hydrogens (primary N) is 1. The van der Waals surface area contributed by atoms with Gasteiger partial charge in [0.25, 0.3) is 0 Å². The van der Waals surface area contributed by atoms with E-state index in [1.807, 2.05) is 0 Å². The molecule has 0 fully saturated rings. The Labute approximate surface area is 108 Å². The Morgan fingerprint density at radius 2 is 1.94 bits per heavy atom. The van der Waals surface area contributed by atoms with Crippen LogP contribution in [0.4, 0.5) is 14.5 Å². The summed E-state index contributed by atoms with van der Waals surface area (Å²) in [4.78, 5) is 0. The number of halogens is 3. The third-order valence-electron chi connectivity index (χ3n) is 2.40. The highest BCUT2D eigenvalue weighted by atomic mass is 35.5. The van der Waals surface area contributed by atoms with Crippen LogP contribution in [0.2, 0.25) is 5.02 Å². The van der Waals surface area contributed by atoms with E-state index in [4.69, 9.17) is 22.1 Å². The van der Waals surface area contributed by atoms with Gasteiger partial charge in [0.2, 0.25) is 0 Å². The van der Waals surface area contributed by atoms with Gasteiger partial charge in [-0.3, -0.25) is 0 Å². The lowest BCUT2D eigenvalue weighted by Crippen LogP contribution is -2.02. The fourth-order valence-corrected chi connectivity index (χ4v) is 1.69. The van der Waals surface area contributed by atoms with Gasteiger partial charge in [0.15, 0.2) is 11.6 Å². The van der Waals surface area contributed by atoms with Crippen molar-refractivity contribution in [2.75, 3.05) is 5.73 Å². The van der Waals surface area contributed by atoms with Gasteiger partial charge in [-0.05, 0) is 24.3 Å². The highest BCUT2D eigenvalue weighted by Crippen LogP contribution is 2.28. The van der Waals surface area contributed by atoms with Crippen molar-refractivity contribution in [2.24, 2.45) is 0 Å². The van der Waals surface area contributed by atoms with Gasteiger partial charge in [0.05, 0.1) is 5.02 Å². The van der Waals surface area contributed by atoms with Gasteiger partial charge in [0, 0.05) is 11.3 Å². The number of para-hydroxylation sites is 1. The number of rotatable bonds is 3. The molecule has 18 heavy (non-hydrogen) atoms. The molecule has 2 aromatic rings. The fourth-order valence-electron chi connectivity index (χ4n) is 1.47. The van der Waals surface area contributed by atoms with Crippen molar-refractivity contribution in [3.8, 4) is 5.75 Å². The van der Waals surface area contributed by atoms with E-state index in [1.165, 1.54) is 36.4 Å². The second-order valence-corrected chi connectivity index (χ2v) is 4.09. The number of ether oxygens (including phenoxy) is 1. The molecule has 2 nitrogen and oxygen atoms in total. The van der Waals surface area contributed by atoms with Crippen LogP contribution < -0.4 is 10.5 Å². The first-order valence-electron chi connectivity index (χ1n) is 5.18. The molecule has 0 spiro atoms. The Bertz CT molecular complexity index is 555. The van der Waals surface area contributed by atoms with Gasteiger partial charge in [-0.15, -0.1) is 0 Å². The molecule has 0 atom stereocenters. The van der Waals surface area contributed by atoms with E-state index in [1.54, 1.807) is 0 Å². The van der Waals surface area contributed by atoms with E-state index in [9.17, 15) is 8.78 Å². The van der Waals surface area contributed by atoms with Crippen molar-refractivity contribution in [1.82, 2.24) is 0 Å². The van der Waals surface area contributed by atoms with Crippen molar-refractivity contribution in [1.29, 1.82) is 0 Å². The predicted molar refractivity (Wildman–Crippen MR) is 66.6 cm³/mol. The van der Waals surface area contributed by atoms with Crippen LogP contribution in [0.3, 0.4) is 0 Å². The maximum Gasteiger partial charge on any atom is 0.174 e. The Balaban J connectivity index is 2.16. The lowest BCUT2D eigenvalue weighted by Gasteiger charge is -2.10. The topological polar surface area (TPSA) is 35.2 Å². The van der Waals surface area contributed by atoms with E-state index in [2.05, 4.69) is 0 Å². The Kier molecular flexibility index (Phi) is 3.67. The van der Waals surface area contributed by atoms with Crippen LogP contribution in [0.1, 0.15) is 5.56 Å². The molecule has 2 aromatic carbocycles. The lowest BCUT2D eigenvalue weighted by atomic mass is 10.2. The number of benzene rings is 2. The minimum atomic E-state index is -0.553. The number of nitrogen functional groups attached to an aromatic ring is 1. The molecular formula is C13H10ClF2NO. The summed E-state index contributed by atoms with van der Waals surface area (Å²) in [6, 6.07) is 8.18. The van der Waals surface area contributed by atoms with E-state index in [-0.39, 0.29) is 23.1 Å². The van der Waals surface area contributed by atoms with Crippen LogP contribution in [-0.2, 0) is 6.61 Å². The average molecular weight is 270 g/mol. The van der Waals surface area contributed by atoms with E-state index in [0.717, 1.165) is 0 Å². The first kappa shape index (κ1) is 12.6. The Morgan fingerprint density at radius 3 is 2.61 bits per heavy atom. The van der Waals surface area contributed by atoms with Gasteiger partial charge in [-0.2, -0.15) is 0 Å². The largest absolute Gasteiger partial charge is 0.484 e. The highest BCUT2D eigenvalue weighted by Gasteiger charge is 2.09. The van der Waals surface area contributed by atoms with Gasteiger partial charge in [-0.25, -0.2) is 8.78 Å². The van der Waals surface area contributed by atoms with Gasteiger partial charge in [0.1, 0.15) is 12.4 Å². The second kappa shape index (κ2) is 5.23. The summed E-state index contributed by atoms with van der Waals surface area (Å²) >= 11 is 5.80. The van der Waals surface area contributed by atoms with Crippen molar-refractivity contribution < 1.29 is 13.5 Å². The molecule has 0 saturated carbocycles. The zero-order valence-corrected chi connectivity index (χ0v) is 10.0. The van der Waals surface area contributed by atoms with Crippen molar-refractivity contribution in [2.45, 2.75) is 6.61 Å². The summed E-state index contributed by atoms with van der Waals surface area (Å²) in [6.07, 6.45) is 0. The summed E-state index contributed by atoms with van der Waals surface area (Å²) in [6.45, 7) is 0.0206. The van der Waals surface area contributed by atoms with Gasteiger partial charge in [-0.1, -0.05) is 23.7 Å². The standard InChI is InChI=1S/C13H10ClF2NO/c14-10-2-1-3-11(16)13(10)18-7-8-4-5-9(15)6-12(8)17/h1-6H,7,17H2. The molecule has 5 heteroatoms. The van der Waals surface area contributed by atoms with Crippen molar-refractivity contribution >= 4 is 17.3 Å². The highest BCUT2D eigenvalue weighted by molar-refractivity contribution is 6.32. The first-order valence-corrected chi connectivity index (χ1v) is 5.56. The summed E-state index contributed by atoms with van der Waals surface area (Å²) in [5.41, 5.74) is 6.43. The maximum atomic E-state index is 13.4. The third kappa shape index (κ3) is 2.71. The molecule has 0 radical (unpaired) electrons. The molecular weight excluding hydrogens is 260 g/mol. The monoisotopic (exact) mass is 269 g/mol. The van der Waals surface area contributed by atoms with Crippen LogP contribution in [-0.4, -0.2) is 0 Å². The van der Waals surface area contributed by atoms with Crippen molar-refractivity contribution in [3.05, 3.63) is 58.6 Å². The molecule has 0 bridgehead atoms. The minimum absolute atomic E-state index is 0.0206. The summed E-state index contributed by atoms with van der Waals surface area (Å²) < 4.78 is 31.5. The zero-order chi connectivity index (χ0) is 13.1. The van der Waals surface area contributed by atoms with Crippen LogP contribution >= 0.6 is 11.6 Å². The van der Waals surface area contributed by atoms with Gasteiger partial charge < -0.3 is 10.5 Å². The second-order valence-electron chi connectivity index (χ2n) is 3.68. The molecule has 0 saturated heterocycles. The minimum Gasteiger partial charge on any atom is -0.484 e. The first-order chi connectivity index (χ1) is 8.58. The lowest BCUT2D eigenvalue weighted by molar-refractivity contribution is 0.291. The van der Waals surface area contributed by atoms with Gasteiger partial charge >= 0.3 is 0 Å². The average Bonchev–Trinajstić information content (AvgIpc) is 2.31. The third-order valence-corrected chi connectivity index (χ3v) is 2.70. The molecule has 2 rings (SSSR count). The maximum absolute atomic E-state index is 13.4. The molecule has 0 aliphatic carbocycles. The van der Waals surface area contributed by atoms with E-state index in [0.29, 0.717) is 5.56 Å². The molecule has 0 aliphatic heterocycles. The summed E-state index contributed by atoms with van der Waals surface area (Å²) in [7, 11) is 0. The normalized spacial score (nSPS) is 10.4. The van der Waals surface area contributed by atoms with Crippen LogP contribution in [0, 0.1) is 11.6 Å². The van der Waals surface area contributed by atoms with Crippen LogP contribution in [0.15, 0.2) is 36.4 Å². The quantitative estimate of drug-likeness (QED) is 0.861.